The molecular formula is C32H24ClF6N5O4. The quantitative estimate of drug-likeness (QED) is 0.113. The third-order valence-corrected chi connectivity index (χ3v) is 7.92. The van der Waals surface area contributed by atoms with E-state index in [0.29, 0.717) is 36.8 Å². The van der Waals surface area contributed by atoms with E-state index in [1.165, 1.54) is 24.5 Å². The first-order valence-corrected chi connectivity index (χ1v) is 14.9. The molecule has 6 rings (SSSR count). The van der Waals surface area contributed by atoms with Crippen LogP contribution in [0.25, 0.3) is 22.6 Å². The van der Waals surface area contributed by atoms with Crippen molar-refractivity contribution in [2.75, 3.05) is 6.61 Å². The molecule has 3 aromatic heterocycles. The Morgan fingerprint density at radius 3 is 2.52 bits per heavy atom. The number of alkyl halides is 6. The lowest BCUT2D eigenvalue weighted by Gasteiger charge is -2.22. The van der Waals surface area contributed by atoms with Crippen LogP contribution in [0.3, 0.4) is 0 Å². The Morgan fingerprint density at radius 1 is 1.02 bits per heavy atom. The molecule has 1 fully saturated rings. The number of aromatic nitrogens is 5. The average molecular weight is 692 g/mol. The molecule has 0 bridgehead atoms. The molecule has 0 saturated carbocycles. The third-order valence-electron chi connectivity index (χ3n) is 7.60. The molecular weight excluding hydrogens is 668 g/mol. The van der Waals surface area contributed by atoms with Gasteiger partial charge in [0.05, 0.1) is 34.9 Å². The van der Waals surface area contributed by atoms with Crippen LogP contribution >= 0.6 is 11.6 Å². The fourth-order valence-corrected chi connectivity index (χ4v) is 5.54. The predicted octanol–water partition coefficient (Wildman–Crippen LogP) is 8.01. The van der Waals surface area contributed by atoms with Gasteiger partial charge in [0.1, 0.15) is 11.4 Å². The molecule has 1 unspecified atom stereocenters. The van der Waals surface area contributed by atoms with Gasteiger partial charge in [0.2, 0.25) is 5.78 Å². The van der Waals surface area contributed by atoms with Crippen molar-refractivity contribution in [3.63, 3.8) is 0 Å². The Morgan fingerprint density at radius 2 is 1.83 bits per heavy atom. The van der Waals surface area contributed by atoms with Crippen LogP contribution in [0.1, 0.15) is 57.7 Å². The summed E-state index contributed by atoms with van der Waals surface area (Å²) < 4.78 is 101. The number of hydrogen-bond acceptors (Lipinski definition) is 8. The zero-order valence-corrected chi connectivity index (χ0v) is 25.4. The van der Waals surface area contributed by atoms with Crippen LogP contribution in [0.2, 0.25) is 5.02 Å². The molecule has 0 N–H and O–H groups in total. The summed E-state index contributed by atoms with van der Waals surface area (Å²) in [5.41, 5.74) is -3.32. The second-order valence-corrected chi connectivity index (χ2v) is 11.2. The minimum Gasteiger partial charge on any atom is -0.355 e. The van der Waals surface area contributed by atoms with Crippen molar-refractivity contribution in [1.29, 1.82) is 0 Å². The summed E-state index contributed by atoms with van der Waals surface area (Å²) in [5.74, 6) is -0.836. The Labute approximate surface area is 273 Å². The van der Waals surface area contributed by atoms with Gasteiger partial charge in [-0.25, -0.2) is 4.68 Å². The molecule has 16 heteroatoms. The molecule has 250 valence electrons. The van der Waals surface area contributed by atoms with Gasteiger partial charge in [-0.2, -0.15) is 26.3 Å². The van der Waals surface area contributed by atoms with E-state index in [-0.39, 0.29) is 45.6 Å². The number of halogens is 7. The molecule has 0 radical (unpaired) electrons. The summed E-state index contributed by atoms with van der Waals surface area (Å²) >= 11 is 6.44. The molecule has 1 aliphatic heterocycles. The maximum absolute atomic E-state index is 14.5. The van der Waals surface area contributed by atoms with E-state index in [9.17, 15) is 31.1 Å². The largest absolute Gasteiger partial charge is 0.416 e. The van der Waals surface area contributed by atoms with Crippen LogP contribution in [0.15, 0.2) is 71.5 Å². The number of ether oxygens (including phenoxy) is 2. The van der Waals surface area contributed by atoms with Gasteiger partial charge in [0.15, 0.2) is 17.7 Å². The first kappa shape index (κ1) is 33.3. The van der Waals surface area contributed by atoms with Gasteiger partial charge >= 0.3 is 12.4 Å². The van der Waals surface area contributed by atoms with Crippen molar-refractivity contribution >= 4 is 17.4 Å². The van der Waals surface area contributed by atoms with Crippen molar-refractivity contribution < 1.29 is 45.1 Å². The standard InChI is InChI=1S/C32H24ClF6N5O4/c33-23-8-2-1-7-21(23)30-26(24(42-48-30)17-47-25-9-3-4-13-46-25)29(45)27-28(18-6-5-12-40-15-18)44(43-41-27)16-19-14-20(31(34,35)36)10-11-22(19)32(37,38)39/h1-2,5-8,10-12,14-15,25H,3-4,9,13,16-17H2. The van der Waals surface area contributed by atoms with Gasteiger partial charge in [-0.3, -0.25) is 9.78 Å². The molecule has 0 amide bonds. The molecule has 1 aliphatic rings. The Hall–Kier alpha value is -4.60. The topological polar surface area (TPSA) is 105 Å². The van der Waals surface area contributed by atoms with Crippen molar-refractivity contribution in [2.45, 2.75) is 51.1 Å². The maximum Gasteiger partial charge on any atom is 0.416 e. The number of rotatable bonds is 9. The second-order valence-electron chi connectivity index (χ2n) is 10.8. The lowest BCUT2D eigenvalue weighted by molar-refractivity contribution is -0.169. The third kappa shape index (κ3) is 6.98. The summed E-state index contributed by atoms with van der Waals surface area (Å²) in [6.45, 7) is -0.534. The first-order chi connectivity index (χ1) is 22.9. The molecule has 0 spiro atoms. The van der Waals surface area contributed by atoms with E-state index < -0.39 is 47.7 Å². The summed E-state index contributed by atoms with van der Waals surface area (Å²) in [4.78, 5) is 18.5. The SMILES string of the molecule is O=C(c1nnn(Cc2cc(C(F)(F)F)ccc2C(F)(F)F)c1-c1cccnc1)c1c(COC2CCCCO2)noc1-c1ccccc1Cl. The highest BCUT2D eigenvalue weighted by atomic mass is 35.5. The van der Waals surface area contributed by atoms with Gasteiger partial charge in [-0.15, -0.1) is 5.10 Å². The van der Waals surface area contributed by atoms with E-state index in [1.807, 2.05) is 0 Å². The van der Waals surface area contributed by atoms with Crippen molar-refractivity contribution in [3.05, 3.63) is 106 Å². The molecule has 4 heterocycles. The van der Waals surface area contributed by atoms with E-state index in [4.69, 9.17) is 25.6 Å². The normalized spacial score (nSPS) is 15.5. The van der Waals surface area contributed by atoms with Gasteiger partial charge in [0, 0.05) is 30.1 Å². The van der Waals surface area contributed by atoms with Crippen LogP contribution in [-0.4, -0.2) is 43.8 Å². The Balaban J connectivity index is 1.47. The van der Waals surface area contributed by atoms with Crippen molar-refractivity contribution in [3.8, 4) is 22.6 Å². The predicted molar refractivity (Wildman–Crippen MR) is 158 cm³/mol. The van der Waals surface area contributed by atoms with E-state index >= 15 is 0 Å². The van der Waals surface area contributed by atoms with Crippen LogP contribution in [0, 0.1) is 0 Å². The number of benzene rings is 2. The summed E-state index contributed by atoms with van der Waals surface area (Å²) in [7, 11) is 0. The summed E-state index contributed by atoms with van der Waals surface area (Å²) in [6, 6.07) is 10.6. The number of carbonyl (C=O) groups excluding carboxylic acids is 1. The Bertz CT molecular complexity index is 1920. The second kappa shape index (κ2) is 13.5. The van der Waals surface area contributed by atoms with Gasteiger partial charge < -0.3 is 14.0 Å². The molecule has 5 aromatic rings. The molecule has 0 aliphatic carbocycles. The van der Waals surface area contributed by atoms with E-state index in [2.05, 4.69) is 20.5 Å². The molecule has 2 aromatic carbocycles. The number of nitrogens with zero attached hydrogens (tertiary/aromatic N) is 5. The first-order valence-electron chi connectivity index (χ1n) is 14.5. The smallest absolute Gasteiger partial charge is 0.355 e. The van der Waals surface area contributed by atoms with E-state index in [0.717, 1.165) is 17.5 Å². The van der Waals surface area contributed by atoms with E-state index in [1.54, 1.807) is 24.3 Å². The average Bonchev–Trinajstić information content (AvgIpc) is 3.68. The lowest BCUT2D eigenvalue weighted by Crippen LogP contribution is -2.22. The fraction of sp³-hybridized carbons (Fsp3) is 0.281. The highest BCUT2D eigenvalue weighted by Gasteiger charge is 2.38. The number of hydrogen-bond donors (Lipinski definition) is 0. The summed E-state index contributed by atoms with van der Waals surface area (Å²) in [5, 5.41) is 12.3. The van der Waals surface area contributed by atoms with Crippen molar-refractivity contribution in [1.82, 2.24) is 25.1 Å². The number of pyridine rings is 1. The lowest BCUT2D eigenvalue weighted by atomic mass is 9.98. The van der Waals surface area contributed by atoms with Gasteiger partial charge in [-0.05, 0) is 67.3 Å². The highest BCUT2D eigenvalue weighted by molar-refractivity contribution is 6.33. The molecule has 48 heavy (non-hydrogen) atoms. The number of carbonyl (C=O) groups is 1. The Kier molecular flexibility index (Phi) is 9.36. The van der Waals surface area contributed by atoms with Crippen LogP contribution < -0.4 is 0 Å². The van der Waals surface area contributed by atoms with Crippen LogP contribution in [0.5, 0.6) is 0 Å². The monoisotopic (exact) mass is 691 g/mol. The minimum atomic E-state index is -4.99. The molecule has 1 atom stereocenters. The summed E-state index contributed by atoms with van der Waals surface area (Å²) in [6.07, 6.45) is -5.35. The van der Waals surface area contributed by atoms with Gasteiger partial charge in [0.25, 0.3) is 0 Å². The van der Waals surface area contributed by atoms with Crippen LogP contribution in [0.4, 0.5) is 26.3 Å². The molecule has 9 nitrogen and oxygen atoms in total. The molecule has 1 saturated heterocycles. The van der Waals surface area contributed by atoms with Gasteiger partial charge in [-0.1, -0.05) is 34.1 Å². The maximum atomic E-state index is 14.5. The zero-order valence-electron chi connectivity index (χ0n) is 24.7. The fourth-order valence-electron chi connectivity index (χ4n) is 5.32. The van der Waals surface area contributed by atoms with Crippen LogP contribution in [-0.2, 0) is 35.0 Å². The van der Waals surface area contributed by atoms with Crippen molar-refractivity contribution in [2.24, 2.45) is 0 Å². The zero-order chi connectivity index (χ0) is 34.1. The highest BCUT2D eigenvalue weighted by Crippen LogP contribution is 2.39. The minimum absolute atomic E-state index is 0.0299. The number of ketones is 1.